The quantitative estimate of drug-likeness (QED) is 0.844. The first-order valence-electron chi connectivity index (χ1n) is 7.15. The van der Waals surface area contributed by atoms with Crippen molar-refractivity contribution < 1.29 is 9.15 Å². The first-order chi connectivity index (χ1) is 10.2. The minimum Gasteiger partial charge on any atom is -0.473 e. The lowest BCUT2D eigenvalue weighted by molar-refractivity contribution is 0.0874. The van der Waals surface area contributed by atoms with Crippen molar-refractivity contribution in [2.75, 3.05) is 13.1 Å². The Morgan fingerprint density at radius 3 is 2.86 bits per heavy atom. The molecule has 0 radical (unpaired) electrons. The van der Waals surface area contributed by atoms with E-state index in [0.717, 1.165) is 37.3 Å². The van der Waals surface area contributed by atoms with Gasteiger partial charge in [-0.05, 0) is 26.7 Å². The van der Waals surface area contributed by atoms with Crippen LogP contribution in [0.25, 0.3) is 0 Å². The number of ether oxygens (including phenoxy) is 1. The summed E-state index contributed by atoms with van der Waals surface area (Å²) in [5.41, 5.74) is 1.72. The predicted octanol–water partition coefficient (Wildman–Crippen LogP) is 1.52. The van der Waals surface area contributed by atoms with E-state index in [9.17, 15) is 0 Å². The number of aryl methyl sites for hydroxylation is 2. The molecule has 1 aliphatic heterocycles. The van der Waals surface area contributed by atoms with Crippen LogP contribution in [-0.4, -0.2) is 44.3 Å². The summed E-state index contributed by atoms with van der Waals surface area (Å²) < 4.78 is 11.2. The monoisotopic (exact) mass is 289 g/mol. The van der Waals surface area contributed by atoms with E-state index in [4.69, 9.17) is 9.15 Å². The first kappa shape index (κ1) is 13.9. The molecule has 0 spiro atoms. The molecule has 3 rings (SSSR count). The fraction of sp³-hybridized carbons (Fsp3) is 0.571. The molecule has 0 aromatic carbocycles. The molecule has 1 fully saturated rings. The Hall–Kier alpha value is -2.02. The Bertz CT molecular complexity index is 579. The third-order valence-corrected chi connectivity index (χ3v) is 3.61. The third kappa shape index (κ3) is 3.55. The summed E-state index contributed by atoms with van der Waals surface area (Å²) in [4.78, 5) is 11.0. The average molecular weight is 289 g/mol. The minimum atomic E-state index is 0.193. The molecule has 0 atom stereocenters. The van der Waals surface area contributed by atoms with Gasteiger partial charge < -0.3 is 9.15 Å². The number of aromatic nitrogens is 4. The van der Waals surface area contributed by atoms with Gasteiger partial charge in [0, 0.05) is 19.3 Å². The van der Waals surface area contributed by atoms with Crippen molar-refractivity contribution in [3.63, 3.8) is 0 Å². The Balaban J connectivity index is 1.52. The zero-order valence-electron chi connectivity index (χ0n) is 12.3. The van der Waals surface area contributed by atoms with E-state index in [-0.39, 0.29) is 6.10 Å². The van der Waals surface area contributed by atoms with E-state index in [1.54, 1.807) is 6.20 Å². The first-order valence-corrected chi connectivity index (χ1v) is 7.15. The second-order valence-electron chi connectivity index (χ2n) is 5.33. The molecular formula is C14H19N5O2. The van der Waals surface area contributed by atoms with Crippen LogP contribution in [0.15, 0.2) is 17.0 Å². The van der Waals surface area contributed by atoms with Crippen LogP contribution < -0.4 is 4.74 Å². The highest BCUT2D eigenvalue weighted by Crippen LogP contribution is 2.20. The van der Waals surface area contributed by atoms with Crippen LogP contribution in [0, 0.1) is 13.8 Å². The molecule has 0 unspecified atom stereocenters. The number of hydrogen-bond donors (Lipinski definition) is 0. The third-order valence-electron chi connectivity index (χ3n) is 3.61. The minimum absolute atomic E-state index is 0.193. The maximum Gasteiger partial charge on any atom is 0.235 e. The molecule has 7 heteroatoms. The Kier molecular flexibility index (Phi) is 4.10. The van der Waals surface area contributed by atoms with Gasteiger partial charge in [-0.2, -0.15) is 0 Å². The van der Waals surface area contributed by atoms with Crippen LogP contribution in [-0.2, 0) is 6.54 Å². The standard InChI is InChI=1S/C14H19N5O2/c1-10-7-15-11(2)14(17-10)21-12-3-5-19(6-4-12)8-13-18-16-9-20-13/h7,9,12H,3-6,8H2,1-2H3. The smallest absolute Gasteiger partial charge is 0.235 e. The van der Waals surface area contributed by atoms with Crippen molar-refractivity contribution in [2.45, 2.75) is 39.3 Å². The maximum atomic E-state index is 6.00. The summed E-state index contributed by atoms with van der Waals surface area (Å²) >= 11 is 0. The molecule has 0 amide bonds. The van der Waals surface area contributed by atoms with Gasteiger partial charge in [0.2, 0.25) is 18.2 Å². The fourth-order valence-electron chi connectivity index (χ4n) is 2.43. The highest BCUT2D eigenvalue weighted by Gasteiger charge is 2.22. The predicted molar refractivity (Wildman–Crippen MR) is 74.7 cm³/mol. The van der Waals surface area contributed by atoms with Crippen LogP contribution >= 0.6 is 0 Å². The summed E-state index contributed by atoms with van der Waals surface area (Å²) in [6.45, 7) is 6.45. The molecule has 0 N–H and O–H groups in total. The molecule has 0 bridgehead atoms. The summed E-state index contributed by atoms with van der Waals surface area (Å²) in [7, 11) is 0. The topological polar surface area (TPSA) is 77.2 Å². The number of piperidine rings is 1. The summed E-state index contributed by atoms with van der Waals surface area (Å²) in [6.07, 6.45) is 5.24. The molecule has 0 saturated carbocycles. The van der Waals surface area contributed by atoms with Crippen molar-refractivity contribution in [3.05, 3.63) is 29.9 Å². The van der Waals surface area contributed by atoms with Gasteiger partial charge in [-0.3, -0.25) is 9.88 Å². The molecule has 2 aromatic rings. The normalized spacial score (nSPS) is 17.0. The zero-order valence-corrected chi connectivity index (χ0v) is 12.3. The summed E-state index contributed by atoms with van der Waals surface area (Å²) in [6, 6.07) is 0. The van der Waals surface area contributed by atoms with Crippen LogP contribution in [0.5, 0.6) is 5.88 Å². The van der Waals surface area contributed by atoms with Crippen LogP contribution in [0.3, 0.4) is 0 Å². The lowest BCUT2D eigenvalue weighted by atomic mass is 10.1. The molecule has 3 heterocycles. The zero-order chi connectivity index (χ0) is 14.7. The van der Waals surface area contributed by atoms with Gasteiger partial charge in [-0.15, -0.1) is 10.2 Å². The molecule has 2 aromatic heterocycles. The van der Waals surface area contributed by atoms with Crippen LogP contribution in [0.4, 0.5) is 0 Å². The van der Waals surface area contributed by atoms with Crippen molar-refractivity contribution >= 4 is 0 Å². The van der Waals surface area contributed by atoms with Crippen molar-refractivity contribution in [1.82, 2.24) is 25.1 Å². The second-order valence-corrected chi connectivity index (χ2v) is 5.33. The molecule has 7 nitrogen and oxygen atoms in total. The molecule has 112 valence electrons. The van der Waals surface area contributed by atoms with Gasteiger partial charge >= 0.3 is 0 Å². The van der Waals surface area contributed by atoms with Gasteiger partial charge in [-0.25, -0.2) is 4.98 Å². The Labute approximate surface area is 123 Å². The van der Waals surface area contributed by atoms with E-state index in [0.29, 0.717) is 18.3 Å². The van der Waals surface area contributed by atoms with Gasteiger partial charge in [-0.1, -0.05) is 0 Å². The van der Waals surface area contributed by atoms with Gasteiger partial charge in [0.25, 0.3) is 0 Å². The lowest BCUT2D eigenvalue weighted by Crippen LogP contribution is -2.38. The molecule has 1 aliphatic rings. The molecule has 1 saturated heterocycles. The highest BCUT2D eigenvalue weighted by molar-refractivity contribution is 5.18. The fourth-order valence-corrected chi connectivity index (χ4v) is 2.43. The summed E-state index contributed by atoms with van der Waals surface area (Å²) in [5.74, 6) is 1.32. The van der Waals surface area contributed by atoms with Gasteiger partial charge in [0.05, 0.1) is 17.9 Å². The van der Waals surface area contributed by atoms with E-state index < -0.39 is 0 Å². The number of likely N-dealkylation sites (tertiary alicyclic amines) is 1. The van der Waals surface area contributed by atoms with Crippen molar-refractivity contribution in [3.8, 4) is 5.88 Å². The average Bonchev–Trinajstić information content (AvgIpc) is 2.98. The second kappa shape index (κ2) is 6.17. The molecular weight excluding hydrogens is 270 g/mol. The maximum absolute atomic E-state index is 6.00. The Morgan fingerprint density at radius 1 is 1.33 bits per heavy atom. The Morgan fingerprint density at radius 2 is 2.14 bits per heavy atom. The molecule has 0 aliphatic carbocycles. The molecule has 21 heavy (non-hydrogen) atoms. The lowest BCUT2D eigenvalue weighted by Gasteiger charge is -2.31. The SMILES string of the molecule is Cc1cnc(C)c(OC2CCN(Cc3nnco3)CC2)n1. The van der Waals surface area contributed by atoms with Gasteiger partial charge in [0.15, 0.2) is 0 Å². The highest BCUT2D eigenvalue weighted by atomic mass is 16.5. The van der Waals surface area contributed by atoms with Crippen LogP contribution in [0.1, 0.15) is 30.1 Å². The number of hydrogen-bond acceptors (Lipinski definition) is 7. The van der Waals surface area contributed by atoms with E-state index in [2.05, 4.69) is 25.1 Å². The van der Waals surface area contributed by atoms with E-state index >= 15 is 0 Å². The number of nitrogens with zero attached hydrogens (tertiary/aromatic N) is 5. The number of rotatable bonds is 4. The summed E-state index contributed by atoms with van der Waals surface area (Å²) in [5, 5.41) is 7.60. The van der Waals surface area contributed by atoms with Gasteiger partial charge in [0.1, 0.15) is 6.10 Å². The van der Waals surface area contributed by atoms with Crippen molar-refractivity contribution in [2.24, 2.45) is 0 Å². The van der Waals surface area contributed by atoms with Crippen molar-refractivity contribution in [1.29, 1.82) is 0 Å². The van der Waals surface area contributed by atoms with Crippen LogP contribution in [0.2, 0.25) is 0 Å². The largest absolute Gasteiger partial charge is 0.473 e. The van der Waals surface area contributed by atoms with E-state index in [1.165, 1.54) is 6.39 Å². The van der Waals surface area contributed by atoms with E-state index in [1.807, 2.05) is 13.8 Å².